The van der Waals surface area contributed by atoms with Crippen molar-refractivity contribution in [2.75, 3.05) is 18.2 Å². The van der Waals surface area contributed by atoms with Crippen LogP contribution < -0.4 is 10.1 Å². The Morgan fingerprint density at radius 3 is 2.65 bits per heavy atom. The van der Waals surface area contributed by atoms with Crippen molar-refractivity contribution in [1.82, 2.24) is 10.2 Å². The van der Waals surface area contributed by atoms with Crippen molar-refractivity contribution in [2.24, 2.45) is 0 Å². The van der Waals surface area contributed by atoms with Crippen LogP contribution in [0.5, 0.6) is 5.75 Å². The molecule has 0 spiro atoms. The summed E-state index contributed by atoms with van der Waals surface area (Å²) in [7, 11) is 1.61. The van der Waals surface area contributed by atoms with Gasteiger partial charge in [0.25, 0.3) is 0 Å². The van der Waals surface area contributed by atoms with Crippen LogP contribution in [0.2, 0.25) is 0 Å². The van der Waals surface area contributed by atoms with E-state index in [1.807, 2.05) is 31.2 Å². The number of carbonyl (C=O) groups is 1. The van der Waals surface area contributed by atoms with E-state index in [4.69, 9.17) is 4.74 Å². The molecule has 2 rings (SSSR count). The first-order chi connectivity index (χ1) is 11.1. The Morgan fingerprint density at radius 2 is 2.00 bits per heavy atom. The van der Waals surface area contributed by atoms with Crippen LogP contribution in [0.1, 0.15) is 20.3 Å². The zero-order chi connectivity index (χ0) is 16.7. The molecule has 1 atom stereocenters. The monoisotopic (exact) mass is 369 g/mol. The van der Waals surface area contributed by atoms with E-state index in [2.05, 4.69) is 22.4 Å². The summed E-state index contributed by atoms with van der Waals surface area (Å²) in [5.41, 5.74) is 0.750. The maximum atomic E-state index is 12.2. The molecule has 124 valence electrons. The van der Waals surface area contributed by atoms with Gasteiger partial charge in [0.05, 0.1) is 12.4 Å². The number of hydrogen-bond acceptors (Lipinski definition) is 7. The molecule has 5 nitrogen and oxygen atoms in total. The second-order valence-electron chi connectivity index (χ2n) is 4.66. The number of carbonyl (C=O) groups excluding carboxylic acids is 1. The number of hydrogen-bond donors (Lipinski definition) is 1. The second kappa shape index (κ2) is 9.14. The summed E-state index contributed by atoms with van der Waals surface area (Å²) in [6.45, 7) is 4.00. The predicted molar refractivity (Wildman–Crippen MR) is 97.9 cm³/mol. The van der Waals surface area contributed by atoms with Crippen molar-refractivity contribution in [3.8, 4) is 5.75 Å². The van der Waals surface area contributed by atoms with Crippen molar-refractivity contribution < 1.29 is 9.53 Å². The van der Waals surface area contributed by atoms with Gasteiger partial charge in [0.1, 0.15) is 5.75 Å². The third-order valence-corrected chi connectivity index (χ3v) is 6.27. The first-order valence-electron chi connectivity index (χ1n) is 7.20. The number of anilines is 1. The molecule has 1 heterocycles. The molecule has 0 saturated heterocycles. The topological polar surface area (TPSA) is 64.1 Å². The quantitative estimate of drug-likeness (QED) is 0.705. The molecular weight excluding hydrogens is 350 g/mol. The largest absolute Gasteiger partial charge is 0.497 e. The number of ether oxygens (including phenoxy) is 1. The number of nitrogens with one attached hydrogen (secondary N) is 1. The first-order valence-corrected chi connectivity index (χ1v) is 9.88. The molecule has 0 aliphatic heterocycles. The van der Waals surface area contributed by atoms with Gasteiger partial charge in [0.15, 0.2) is 8.68 Å². The second-order valence-corrected chi connectivity index (χ2v) is 8.57. The van der Waals surface area contributed by atoms with E-state index in [1.54, 1.807) is 18.9 Å². The van der Waals surface area contributed by atoms with E-state index >= 15 is 0 Å². The minimum absolute atomic E-state index is 0.0573. The number of methoxy groups -OCH3 is 1. The van der Waals surface area contributed by atoms with Gasteiger partial charge in [0.2, 0.25) is 5.91 Å². The van der Waals surface area contributed by atoms with Crippen molar-refractivity contribution in [1.29, 1.82) is 0 Å². The number of amides is 1. The summed E-state index contributed by atoms with van der Waals surface area (Å²) in [6.07, 6.45) is 1.10. The molecule has 0 fully saturated rings. The minimum Gasteiger partial charge on any atom is -0.497 e. The Hall–Kier alpha value is -1.25. The van der Waals surface area contributed by atoms with Gasteiger partial charge in [0, 0.05) is 11.4 Å². The number of benzene rings is 1. The zero-order valence-electron chi connectivity index (χ0n) is 13.2. The van der Waals surface area contributed by atoms with Gasteiger partial charge in [-0.3, -0.25) is 4.79 Å². The molecule has 0 aliphatic carbocycles. The first kappa shape index (κ1) is 18.1. The number of aromatic nitrogens is 2. The molecule has 8 heteroatoms. The molecule has 0 radical (unpaired) electrons. The molecule has 0 aliphatic rings. The molecule has 23 heavy (non-hydrogen) atoms. The molecule has 1 amide bonds. The highest BCUT2D eigenvalue weighted by Gasteiger charge is 2.17. The van der Waals surface area contributed by atoms with Crippen LogP contribution in [0.25, 0.3) is 0 Å². The lowest BCUT2D eigenvalue weighted by Gasteiger charge is -2.10. The SMILES string of the molecule is CCCSc1nnc(S[C@@H](C)C(=O)Nc2ccc(OC)cc2)s1. The molecule has 0 bridgehead atoms. The highest BCUT2D eigenvalue weighted by atomic mass is 32.2. The maximum Gasteiger partial charge on any atom is 0.237 e. The van der Waals surface area contributed by atoms with Crippen molar-refractivity contribution in [2.45, 2.75) is 34.2 Å². The lowest BCUT2D eigenvalue weighted by Crippen LogP contribution is -2.22. The fourth-order valence-corrected chi connectivity index (χ4v) is 4.70. The van der Waals surface area contributed by atoms with Gasteiger partial charge in [-0.1, -0.05) is 41.8 Å². The van der Waals surface area contributed by atoms with Crippen LogP contribution in [-0.4, -0.2) is 34.2 Å². The number of thioether (sulfide) groups is 2. The average Bonchev–Trinajstić information content (AvgIpc) is 3.01. The fourth-order valence-electron chi connectivity index (χ4n) is 1.62. The van der Waals surface area contributed by atoms with Crippen molar-refractivity contribution in [3.05, 3.63) is 24.3 Å². The molecule has 0 saturated carbocycles. The van der Waals surface area contributed by atoms with E-state index in [1.165, 1.54) is 23.1 Å². The van der Waals surface area contributed by atoms with E-state index in [-0.39, 0.29) is 11.2 Å². The van der Waals surface area contributed by atoms with Gasteiger partial charge in [-0.15, -0.1) is 10.2 Å². The van der Waals surface area contributed by atoms with E-state index < -0.39 is 0 Å². The van der Waals surface area contributed by atoms with Crippen LogP contribution in [0.3, 0.4) is 0 Å². The highest BCUT2D eigenvalue weighted by molar-refractivity contribution is 8.03. The lowest BCUT2D eigenvalue weighted by molar-refractivity contribution is -0.115. The van der Waals surface area contributed by atoms with Crippen LogP contribution in [0, 0.1) is 0 Å². The Labute approximate surface area is 148 Å². The number of rotatable bonds is 8. The highest BCUT2D eigenvalue weighted by Crippen LogP contribution is 2.31. The maximum absolute atomic E-state index is 12.2. The van der Waals surface area contributed by atoms with Gasteiger partial charge in [-0.25, -0.2) is 0 Å². The third-order valence-electron chi connectivity index (χ3n) is 2.82. The normalized spacial score (nSPS) is 12.0. The average molecular weight is 370 g/mol. The molecular formula is C15H19N3O2S3. The standard InChI is InChI=1S/C15H19N3O2S3/c1-4-9-21-14-17-18-15(23-14)22-10(2)13(19)16-11-5-7-12(20-3)8-6-11/h5-8,10H,4,9H2,1-3H3,(H,16,19)/t10-/m0/s1. The van der Waals surface area contributed by atoms with Crippen molar-refractivity contribution >= 4 is 46.5 Å². The Bertz CT molecular complexity index is 631. The molecule has 1 aromatic heterocycles. The van der Waals surface area contributed by atoms with Gasteiger partial charge < -0.3 is 10.1 Å². The van der Waals surface area contributed by atoms with Gasteiger partial charge in [-0.2, -0.15) is 0 Å². The summed E-state index contributed by atoms with van der Waals surface area (Å²) in [4.78, 5) is 12.2. The van der Waals surface area contributed by atoms with E-state index in [0.717, 1.165) is 32.3 Å². The lowest BCUT2D eigenvalue weighted by atomic mass is 10.3. The Balaban J connectivity index is 1.87. The summed E-state index contributed by atoms with van der Waals surface area (Å²) >= 11 is 4.67. The van der Waals surface area contributed by atoms with Crippen LogP contribution in [0.4, 0.5) is 5.69 Å². The fraction of sp³-hybridized carbons (Fsp3) is 0.400. The minimum atomic E-state index is -0.242. The number of nitrogens with zero attached hydrogens (tertiary/aromatic N) is 2. The molecule has 2 aromatic rings. The summed E-state index contributed by atoms with van der Waals surface area (Å²) in [5.74, 6) is 1.74. The molecule has 0 unspecified atom stereocenters. The van der Waals surface area contributed by atoms with Crippen LogP contribution in [0.15, 0.2) is 32.9 Å². The van der Waals surface area contributed by atoms with Crippen LogP contribution >= 0.6 is 34.9 Å². The predicted octanol–water partition coefficient (Wildman–Crippen LogP) is 4.17. The van der Waals surface area contributed by atoms with E-state index in [9.17, 15) is 4.79 Å². The summed E-state index contributed by atoms with van der Waals surface area (Å²) in [5, 5.41) is 10.9. The van der Waals surface area contributed by atoms with Gasteiger partial charge >= 0.3 is 0 Å². The molecule has 1 aromatic carbocycles. The summed E-state index contributed by atoms with van der Waals surface area (Å²) < 4.78 is 6.87. The third kappa shape index (κ3) is 5.71. The Morgan fingerprint density at radius 1 is 1.30 bits per heavy atom. The Kier molecular flexibility index (Phi) is 7.19. The summed E-state index contributed by atoms with van der Waals surface area (Å²) in [6, 6.07) is 7.27. The van der Waals surface area contributed by atoms with Crippen LogP contribution in [-0.2, 0) is 4.79 Å². The smallest absolute Gasteiger partial charge is 0.237 e. The van der Waals surface area contributed by atoms with E-state index in [0.29, 0.717) is 0 Å². The zero-order valence-corrected chi connectivity index (χ0v) is 15.7. The van der Waals surface area contributed by atoms with Crippen molar-refractivity contribution in [3.63, 3.8) is 0 Å². The van der Waals surface area contributed by atoms with Gasteiger partial charge in [-0.05, 0) is 37.6 Å². The molecule has 1 N–H and O–H groups in total.